The van der Waals surface area contributed by atoms with Crippen LogP contribution < -0.4 is 0 Å². The zero-order valence-corrected chi connectivity index (χ0v) is 43.6. The molecule has 4 rings (SSSR count). The molecule has 376 valence electrons. The summed E-state index contributed by atoms with van der Waals surface area (Å²) in [7, 11) is 1.31. The normalized spacial score (nSPS) is 28.3. The van der Waals surface area contributed by atoms with Crippen molar-refractivity contribution in [1.29, 1.82) is 0 Å². The highest BCUT2D eigenvalue weighted by Crippen LogP contribution is 2.67. The van der Waals surface area contributed by atoms with Crippen LogP contribution >= 0.6 is 7.82 Å². The standard InChI is InChI=1S/C53H94NO10P/c1-10-11-12-13-14-15-16-17-18-19-20-24-49(55)60-38-44(39-62-65(58,59)61-36-35-54(7,8)9)64-51(57)30-29-50(56)63-43-31-33-52(5)42(37-43)25-26-45-47-28-27-46(41(4)23-21-22-40(2)3)53(47,6)34-32-48(45)52/h25,40-41,43-48H,10-24,26-39H2,1-9H3/p+1/t41-,43+,44?,45+,46-,47+,48+,52+,53-/m1/s1. The van der Waals surface area contributed by atoms with Crippen molar-refractivity contribution >= 4 is 25.7 Å². The summed E-state index contributed by atoms with van der Waals surface area (Å²) in [5.41, 5.74) is 2.03. The first kappa shape index (κ1) is 55.8. The van der Waals surface area contributed by atoms with Crippen LogP contribution in [-0.4, -0.2) is 87.0 Å². The highest BCUT2D eigenvalue weighted by Gasteiger charge is 2.59. The van der Waals surface area contributed by atoms with Crippen LogP contribution in [0.5, 0.6) is 0 Å². The first-order valence-corrected chi connectivity index (χ1v) is 27.9. The van der Waals surface area contributed by atoms with E-state index in [0.717, 1.165) is 74.5 Å². The Morgan fingerprint density at radius 1 is 0.769 bits per heavy atom. The van der Waals surface area contributed by atoms with Crippen molar-refractivity contribution < 1.29 is 51.6 Å². The van der Waals surface area contributed by atoms with Crippen LogP contribution in [-0.2, 0) is 42.2 Å². The van der Waals surface area contributed by atoms with Gasteiger partial charge in [-0.25, -0.2) is 4.57 Å². The average Bonchev–Trinajstić information content (AvgIpc) is 3.59. The summed E-state index contributed by atoms with van der Waals surface area (Å²) in [6.45, 7) is 14.2. The monoisotopic (exact) mass is 937 g/mol. The summed E-state index contributed by atoms with van der Waals surface area (Å²) in [6, 6.07) is 0. The average molecular weight is 937 g/mol. The van der Waals surface area contributed by atoms with Crippen molar-refractivity contribution in [3.8, 4) is 0 Å². The van der Waals surface area contributed by atoms with E-state index < -0.39 is 38.4 Å². The summed E-state index contributed by atoms with van der Waals surface area (Å²) in [4.78, 5) is 49.2. The predicted octanol–water partition coefficient (Wildman–Crippen LogP) is 12.7. The Bertz CT molecular complexity index is 1540. The van der Waals surface area contributed by atoms with E-state index in [2.05, 4.69) is 47.6 Å². The maximum absolute atomic E-state index is 13.2. The van der Waals surface area contributed by atoms with Crippen LogP contribution in [0.1, 0.15) is 202 Å². The van der Waals surface area contributed by atoms with Crippen molar-refractivity contribution in [3.05, 3.63) is 11.6 Å². The maximum Gasteiger partial charge on any atom is 0.472 e. The van der Waals surface area contributed by atoms with Gasteiger partial charge in [0.15, 0.2) is 6.10 Å². The summed E-state index contributed by atoms with van der Waals surface area (Å²) in [5.74, 6) is 3.01. The molecular weight excluding hydrogens is 842 g/mol. The van der Waals surface area contributed by atoms with Crippen molar-refractivity contribution in [2.75, 3.05) is 47.5 Å². The molecule has 0 radical (unpaired) electrons. The highest BCUT2D eigenvalue weighted by molar-refractivity contribution is 7.47. The molecule has 3 fully saturated rings. The molecule has 0 aliphatic heterocycles. The van der Waals surface area contributed by atoms with Gasteiger partial charge in [0.25, 0.3) is 0 Å². The molecule has 11 nitrogen and oxygen atoms in total. The van der Waals surface area contributed by atoms with E-state index in [-0.39, 0.29) is 44.0 Å². The van der Waals surface area contributed by atoms with Crippen LogP contribution in [0.4, 0.5) is 0 Å². The van der Waals surface area contributed by atoms with E-state index in [1.165, 1.54) is 95.5 Å². The van der Waals surface area contributed by atoms with Crippen LogP contribution in [0.25, 0.3) is 0 Å². The van der Waals surface area contributed by atoms with Gasteiger partial charge in [-0.05, 0) is 97.7 Å². The highest BCUT2D eigenvalue weighted by atomic mass is 31.2. The Kier molecular flexibility index (Phi) is 23.0. The summed E-state index contributed by atoms with van der Waals surface area (Å²) >= 11 is 0. The van der Waals surface area contributed by atoms with Crippen molar-refractivity contribution in [3.63, 3.8) is 0 Å². The number of hydrogen-bond donors (Lipinski definition) is 1. The lowest BCUT2D eigenvalue weighted by atomic mass is 9.47. The van der Waals surface area contributed by atoms with Gasteiger partial charge in [-0.2, -0.15) is 0 Å². The van der Waals surface area contributed by atoms with E-state index in [0.29, 0.717) is 28.8 Å². The number of esters is 3. The van der Waals surface area contributed by atoms with E-state index in [9.17, 15) is 23.8 Å². The van der Waals surface area contributed by atoms with Gasteiger partial charge >= 0.3 is 25.7 Å². The molecule has 0 bridgehead atoms. The van der Waals surface area contributed by atoms with Gasteiger partial charge in [0.2, 0.25) is 0 Å². The summed E-state index contributed by atoms with van der Waals surface area (Å²) < 4.78 is 40.5. The Labute approximate surface area is 395 Å². The van der Waals surface area contributed by atoms with Crippen molar-refractivity contribution in [1.82, 2.24) is 0 Å². The topological polar surface area (TPSA) is 135 Å². The number of fused-ring (bicyclic) bond motifs is 5. The first-order valence-electron chi connectivity index (χ1n) is 26.4. The molecule has 0 saturated heterocycles. The number of ether oxygens (including phenoxy) is 3. The summed E-state index contributed by atoms with van der Waals surface area (Å²) in [6.07, 6.45) is 26.9. The number of nitrogens with zero attached hydrogens (tertiary/aromatic N) is 1. The molecule has 0 aromatic rings. The Morgan fingerprint density at radius 3 is 2.09 bits per heavy atom. The lowest BCUT2D eigenvalue weighted by Gasteiger charge is -2.58. The quantitative estimate of drug-likeness (QED) is 0.0179. The lowest BCUT2D eigenvalue weighted by Crippen LogP contribution is -2.51. The smallest absolute Gasteiger partial charge is 0.462 e. The predicted molar refractivity (Wildman–Crippen MR) is 259 cm³/mol. The molecule has 0 heterocycles. The van der Waals surface area contributed by atoms with Crippen molar-refractivity contribution in [2.45, 2.75) is 214 Å². The van der Waals surface area contributed by atoms with E-state index >= 15 is 0 Å². The number of hydrogen-bond acceptors (Lipinski definition) is 9. The maximum atomic E-state index is 13.2. The third kappa shape index (κ3) is 18.2. The Hall–Kier alpha value is -1.78. The number of allylic oxidation sites excluding steroid dienone is 1. The third-order valence-corrected chi connectivity index (χ3v) is 17.2. The van der Waals surface area contributed by atoms with Gasteiger partial charge in [0.1, 0.15) is 25.9 Å². The Balaban J connectivity index is 1.22. The third-order valence-electron chi connectivity index (χ3n) is 16.2. The van der Waals surface area contributed by atoms with E-state index in [1.807, 2.05) is 21.1 Å². The van der Waals surface area contributed by atoms with Gasteiger partial charge in [0.05, 0.1) is 40.6 Å². The number of likely N-dealkylation sites (N-methyl/N-ethyl adjacent to an activating group) is 1. The number of carbonyl (C=O) groups is 3. The second kappa shape index (κ2) is 26.8. The second-order valence-electron chi connectivity index (χ2n) is 22.8. The molecule has 0 aromatic heterocycles. The van der Waals surface area contributed by atoms with Crippen LogP contribution in [0.2, 0.25) is 0 Å². The van der Waals surface area contributed by atoms with Gasteiger partial charge < -0.3 is 23.6 Å². The number of phosphoric ester groups is 1. The molecule has 10 atom stereocenters. The fourth-order valence-electron chi connectivity index (χ4n) is 12.4. The van der Waals surface area contributed by atoms with Gasteiger partial charge in [0, 0.05) is 12.8 Å². The molecule has 4 aliphatic rings. The summed E-state index contributed by atoms with van der Waals surface area (Å²) in [5, 5.41) is 0. The minimum Gasteiger partial charge on any atom is -0.462 e. The minimum absolute atomic E-state index is 0.0188. The molecule has 0 aromatic carbocycles. The lowest BCUT2D eigenvalue weighted by molar-refractivity contribution is -0.870. The molecule has 4 aliphatic carbocycles. The van der Waals surface area contributed by atoms with E-state index in [4.69, 9.17) is 23.3 Å². The fraction of sp³-hybridized carbons (Fsp3) is 0.906. The number of phosphoric acid groups is 1. The molecule has 2 unspecified atom stereocenters. The van der Waals surface area contributed by atoms with Gasteiger partial charge in [-0.15, -0.1) is 0 Å². The van der Waals surface area contributed by atoms with Crippen LogP contribution in [0, 0.1) is 46.3 Å². The zero-order valence-electron chi connectivity index (χ0n) is 42.7. The van der Waals surface area contributed by atoms with E-state index in [1.54, 1.807) is 0 Å². The number of quaternary nitrogens is 1. The number of unbranched alkanes of at least 4 members (excludes halogenated alkanes) is 10. The van der Waals surface area contributed by atoms with Crippen LogP contribution in [0.15, 0.2) is 11.6 Å². The molecular formula is C53H95NO10P+. The minimum atomic E-state index is -4.48. The van der Waals surface area contributed by atoms with Gasteiger partial charge in [-0.1, -0.05) is 137 Å². The van der Waals surface area contributed by atoms with Gasteiger partial charge in [-0.3, -0.25) is 23.4 Å². The Morgan fingerprint density at radius 2 is 1.43 bits per heavy atom. The molecule has 65 heavy (non-hydrogen) atoms. The molecule has 3 saturated carbocycles. The molecule has 0 spiro atoms. The first-order chi connectivity index (χ1) is 30.8. The molecule has 12 heteroatoms. The number of carbonyl (C=O) groups excluding carboxylic acids is 3. The SMILES string of the molecule is CCCCCCCCCCCCCC(=O)OCC(COP(=O)(O)OCC[N+](C)(C)C)OC(=O)CCC(=O)O[C@H]1CC[C@@]2(C)C(=CC[C@H]3[C@@H]4CC[C@H]([C@H](C)CCCC(C)C)[C@@]4(C)CC[C@@H]32)C1. The molecule has 0 amide bonds. The second-order valence-corrected chi connectivity index (χ2v) is 24.3. The fourth-order valence-corrected chi connectivity index (χ4v) is 13.1. The molecule has 1 N–H and O–H groups in total. The van der Waals surface area contributed by atoms with Crippen molar-refractivity contribution in [2.24, 2.45) is 46.3 Å². The van der Waals surface area contributed by atoms with Crippen LogP contribution in [0.3, 0.4) is 0 Å². The zero-order chi connectivity index (χ0) is 47.7. The largest absolute Gasteiger partial charge is 0.472 e. The number of rotatable bonds is 31.